The molecule has 0 saturated heterocycles. The molecule has 0 aliphatic rings. The number of ether oxygens (including phenoxy) is 2. The fraction of sp³-hybridized carbons (Fsp3) is 0.235. The van der Waals surface area contributed by atoms with Gasteiger partial charge in [0.05, 0.1) is 23.1 Å². The first kappa shape index (κ1) is 21.0. The van der Waals surface area contributed by atoms with Crippen LogP contribution in [0, 0.1) is 15.9 Å². The van der Waals surface area contributed by atoms with Crippen LogP contribution in [0.4, 0.5) is 23.2 Å². The first-order valence-corrected chi connectivity index (χ1v) is 8.18. The van der Waals surface area contributed by atoms with E-state index in [2.05, 4.69) is 15.0 Å². The summed E-state index contributed by atoms with van der Waals surface area (Å²) in [7, 11) is 1.18. The quantitative estimate of drug-likeness (QED) is 0.261. The Morgan fingerprint density at radius 2 is 1.97 bits per heavy atom. The molecule has 158 valence electrons. The molecule has 1 atom stereocenters. The van der Waals surface area contributed by atoms with Crippen LogP contribution in [0.1, 0.15) is 18.5 Å². The molecule has 1 aromatic heterocycles. The number of esters is 1. The molecule has 0 N–H and O–H groups in total. The second-order valence-electron chi connectivity index (χ2n) is 6.05. The average molecular weight is 428 g/mol. The number of fused-ring (bicyclic) bond motifs is 1. The summed E-state index contributed by atoms with van der Waals surface area (Å²) in [5.74, 6) is -3.33. The second-order valence-corrected chi connectivity index (χ2v) is 6.05. The van der Waals surface area contributed by atoms with E-state index in [4.69, 9.17) is 4.74 Å². The van der Waals surface area contributed by atoms with Crippen LogP contribution < -0.4 is 4.74 Å². The van der Waals surface area contributed by atoms with Crippen molar-refractivity contribution in [3.8, 4) is 11.5 Å². The summed E-state index contributed by atoms with van der Waals surface area (Å²) >= 11 is 0. The number of hydrogen-bond acceptors (Lipinski definition) is 7. The van der Waals surface area contributed by atoms with Crippen molar-refractivity contribution in [3.05, 3.63) is 51.8 Å². The number of nitro benzene ring substituents is 1. The highest BCUT2D eigenvalue weighted by Gasteiger charge is 2.35. The Kier molecular flexibility index (Phi) is 5.29. The van der Waals surface area contributed by atoms with Crippen molar-refractivity contribution in [1.29, 1.82) is 0 Å². The largest absolute Gasteiger partial charge is 0.467 e. The van der Waals surface area contributed by atoms with Gasteiger partial charge in [-0.05, 0) is 25.1 Å². The van der Waals surface area contributed by atoms with Gasteiger partial charge in [-0.25, -0.2) is 13.9 Å². The SMILES string of the molecule is COC(=O)C(C)n1nnc2ccc(Oc3c(F)cc(C(F)(F)F)cc3[N+](=O)[O-])cc21. The minimum Gasteiger partial charge on any atom is -0.467 e. The topological polar surface area (TPSA) is 109 Å². The molecule has 1 heterocycles. The summed E-state index contributed by atoms with van der Waals surface area (Å²) in [5.41, 5.74) is -2.15. The number of nitrogens with zero attached hydrogens (tertiary/aromatic N) is 4. The Balaban J connectivity index is 2.06. The predicted molar refractivity (Wildman–Crippen MR) is 92.4 cm³/mol. The van der Waals surface area contributed by atoms with Crippen LogP contribution in [0.5, 0.6) is 11.5 Å². The number of halogens is 4. The Labute approximate surface area is 164 Å². The molecule has 0 bridgehead atoms. The first-order valence-electron chi connectivity index (χ1n) is 8.18. The molecule has 0 radical (unpaired) electrons. The number of nitro groups is 1. The number of alkyl halides is 3. The molecule has 0 saturated carbocycles. The standard InChI is InChI=1S/C17H12F4N4O5/c1-8(16(26)29-2)24-13-7-10(3-4-12(13)22-23-24)30-15-11(18)5-9(17(19,20)21)6-14(15)25(27)28/h3-8H,1-2H3. The molecule has 0 fully saturated rings. The van der Waals surface area contributed by atoms with Crippen LogP contribution in [-0.2, 0) is 15.7 Å². The second kappa shape index (κ2) is 7.57. The zero-order valence-corrected chi connectivity index (χ0v) is 15.3. The fourth-order valence-electron chi connectivity index (χ4n) is 2.63. The molecule has 3 aromatic rings. The maximum Gasteiger partial charge on any atom is 0.416 e. The number of benzene rings is 2. The molecule has 0 aliphatic heterocycles. The highest BCUT2D eigenvalue weighted by molar-refractivity contribution is 5.80. The lowest BCUT2D eigenvalue weighted by molar-refractivity contribution is -0.386. The highest BCUT2D eigenvalue weighted by Crippen LogP contribution is 2.40. The van der Waals surface area contributed by atoms with Crippen molar-refractivity contribution in [1.82, 2.24) is 15.0 Å². The van der Waals surface area contributed by atoms with E-state index in [1.807, 2.05) is 0 Å². The molecule has 13 heteroatoms. The zero-order chi connectivity index (χ0) is 22.2. The average Bonchev–Trinajstić information content (AvgIpc) is 3.10. The third-order valence-electron chi connectivity index (χ3n) is 4.12. The van der Waals surface area contributed by atoms with Crippen molar-refractivity contribution in [3.63, 3.8) is 0 Å². The number of methoxy groups -OCH3 is 1. The molecule has 0 aliphatic carbocycles. The Bertz CT molecular complexity index is 1150. The third kappa shape index (κ3) is 3.86. The van der Waals surface area contributed by atoms with E-state index in [-0.39, 0.29) is 23.4 Å². The normalized spacial score (nSPS) is 12.6. The Hall–Kier alpha value is -3.77. The van der Waals surface area contributed by atoms with Crippen molar-refractivity contribution in [2.24, 2.45) is 0 Å². The van der Waals surface area contributed by atoms with E-state index in [1.54, 1.807) is 0 Å². The summed E-state index contributed by atoms with van der Waals surface area (Å²) < 4.78 is 63.8. The van der Waals surface area contributed by atoms with Gasteiger partial charge in [-0.15, -0.1) is 5.10 Å². The van der Waals surface area contributed by atoms with E-state index in [9.17, 15) is 32.5 Å². The number of rotatable bonds is 5. The molecular formula is C17H12F4N4O5. The third-order valence-corrected chi connectivity index (χ3v) is 4.12. The van der Waals surface area contributed by atoms with Gasteiger partial charge in [0.2, 0.25) is 5.75 Å². The van der Waals surface area contributed by atoms with Gasteiger partial charge in [-0.3, -0.25) is 10.1 Å². The molecular weight excluding hydrogens is 416 g/mol. The van der Waals surface area contributed by atoms with Gasteiger partial charge >= 0.3 is 17.8 Å². The van der Waals surface area contributed by atoms with Crippen LogP contribution in [0.15, 0.2) is 30.3 Å². The summed E-state index contributed by atoms with van der Waals surface area (Å²) in [6.45, 7) is 1.48. The van der Waals surface area contributed by atoms with Gasteiger partial charge in [-0.2, -0.15) is 13.2 Å². The van der Waals surface area contributed by atoms with E-state index in [1.165, 1.54) is 36.9 Å². The van der Waals surface area contributed by atoms with Gasteiger partial charge in [0.15, 0.2) is 5.82 Å². The van der Waals surface area contributed by atoms with Crippen molar-refractivity contribution in [2.45, 2.75) is 19.1 Å². The van der Waals surface area contributed by atoms with Crippen LogP contribution in [0.3, 0.4) is 0 Å². The minimum atomic E-state index is -4.98. The molecule has 3 rings (SSSR count). The van der Waals surface area contributed by atoms with Gasteiger partial charge in [-0.1, -0.05) is 5.21 Å². The van der Waals surface area contributed by atoms with Gasteiger partial charge in [0.1, 0.15) is 17.3 Å². The van der Waals surface area contributed by atoms with E-state index in [0.29, 0.717) is 5.52 Å². The van der Waals surface area contributed by atoms with Crippen molar-refractivity contribution >= 4 is 22.7 Å². The monoisotopic (exact) mass is 428 g/mol. The maximum absolute atomic E-state index is 14.3. The lowest BCUT2D eigenvalue weighted by atomic mass is 10.1. The summed E-state index contributed by atoms with van der Waals surface area (Å²) in [6, 6.07) is 3.31. The fourth-order valence-corrected chi connectivity index (χ4v) is 2.63. The lowest BCUT2D eigenvalue weighted by Crippen LogP contribution is -2.18. The lowest BCUT2D eigenvalue weighted by Gasteiger charge is -2.12. The highest BCUT2D eigenvalue weighted by atomic mass is 19.4. The molecule has 0 amide bonds. The van der Waals surface area contributed by atoms with E-state index in [0.717, 1.165) is 0 Å². The first-order chi connectivity index (χ1) is 14.0. The molecule has 30 heavy (non-hydrogen) atoms. The maximum atomic E-state index is 14.3. The molecule has 9 nitrogen and oxygen atoms in total. The van der Waals surface area contributed by atoms with Gasteiger partial charge in [0, 0.05) is 12.1 Å². The summed E-state index contributed by atoms with van der Waals surface area (Å²) in [5, 5.41) is 18.8. The van der Waals surface area contributed by atoms with Crippen LogP contribution >= 0.6 is 0 Å². The van der Waals surface area contributed by atoms with Crippen LogP contribution in [-0.4, -0.2) is 33.0 Å². The van der Waals surface area contributed by atoms with Crippen LogP contribution in [0.25, 0.3) is 11.0 Å². The number of carbonyl (C=O) groups excluding carboxylic acids is 1. The molecule has 1 unspecified atom stereocenters. The predicted octanol–water partition coefficient (Wildman–Crippen LogP) is 4.02. The summed E-state index contributed by atoms with van der Waals surface area (Å²) in [6.07, 6.45) is -4.98. The van der Waals surface area contributed by atoms with Gasteiger partial charge in [0.25, 0.3) is 0 Å². The van der Waals surface area contributed by atoms with E-state index < -0.39 is 45.9 Å². The number of carbonyl (C=O) groups is 1. The van der Waals surface area contributed by atoms with Crippen LogP contribution in [0.2, 0.25) is 0 Å². The minimum absolute atomic E-state index is 0.103. The van der Waals surface area contributed by atoms with Crippen molar-refractivity contribution in [2.75, 3.05) is 7.11 Å². The molecule has 2 aromatic carbocycles. The van der Waals surface area contributed by atoms with E-state index >= 15 is 0 Å². The zero-order valence-electron chi connectivity index (χ0n) is 15.3. The van der Waals surface area contributed by atoms with Gasteiger partial charge < -0.3 is 9.47 Å². The Morgan fingerprint density at radius 3 is 2.57 bits per heavy atom. The number of aromatic nitrogens is 3. The number of hydrogen-bond donors (Lipinski definition) is 0. The summed E-state index contributed by atoms with van der Waals surface area (Å²) in [4.78, 5) is 21.7. The smallest absolute Gasteiger partial charge is 0.416 e. The van der Waals surface area contributed by atoms with Crippen molar-refractivity contribution < 1.29 is 36.8 Å². The molecule has 0 spiro atoms. The Morgan fingerprint density at radius 1 is 1.27 bits per heavy atom.